The summed E-state index contributed by atoms with van der Waals surface area (Å²) < 4.78 is 5.26. The van der Waals surface area contributed by atoms with Gasteiger partial charge in [-0.1, -0.05) is 12.2 Å². The molecule has 1 heterocycles. The lowest BCUT2D eigenvalue weighted by Crippen LogP contribution is -2.35. The molecule has 0 N–H and O–H groups in total. The van der Waals surface area contributed by atoms with Crippen molar-refractivity contribution in [2.75, 3.05) is 6.61 Å². The molecule has 2 saturated carbocycles. The fourth-order valence-corrected chi connectivity index (χ4v) is 4.35. The number of esters is 1. The Balaban J connectivity index is 1.35. The molecule has 1 aliphatic heterocycles. The average Bonchev–Trinajstić information content (AvgIpc) is 3.24. The number of allylic oxidation sites excluding steroid dienone is 2. The van der Waals surface area contributed by atoms with E-state index in [2.05, 4.69) is 0 Å². The fraction of sp³-hybridized carbons (Fsp3) is 0.688. The van der Waals surface area contributed by atoms with Gasteiger partial charge in [0, 0.05) is 0 Å². The number of hydrogen-bond donors (Lipinski definition) is 0. The first-order chi connectivity index (χ1) is 10.6. The van der Waals surface area contributed by atoms with Crippen molar-refractivity contribution in [2.45, 2.75) is 38.2 Å². The van der Waals surface area contributed by atoms with Crippen molar-refractivity contribution in [1.82, 2.24) is 5.06 Å². The SMILES string of the molecule is O=C(CON1C(=O)[C@@H]2[C@@H](C1=O)[C@H]1C=C[C@@H]2C1)OC1CCCC1. The molecule has 0 aromatic heterocycles. The van der Waals surface area contributed by atoms with E-state index in [4.69, 9.17) is 9.57 Å². The fourth-order valence-electron chi connectivity index (χ4n) is 4.35. The maximum atomic E-state index is 12.3. The Kier molecular flexibility index (Phi) is 3.29. The van der Waals surface area contributed by atoms with Crippen molar-refractivity contribution in [3.05, 3.63) is 12.2 Å². The molecule has 2 amide bonds. The summed E-state index contributed by atoms with van der Waals surface area (Å²) in [6, 6.07) is 0. The summed E-state index contributed by atoms with van der Waals surface area (Å²) in [6.45, 7) is -0.379. The van der Waals surface area contributed by atoms with Crippen LogP contribution in [0.15, 0.2) is 12.2 Å². The number of fused-ring (bicyclic) bond motifs is 5. The average molecular weight is 305 g/mol. The molecule has 6 heteroatoms. The van der Waals surface area contributed by atoms with E-state index in [-0.39, 0.29) is 48.2 Å². The standard InChI is InChI=1S/C16H19NO5/c18-12(22-11-3-1-2-4-11)8-21-17-15(19)13-9-5-6-10(7-9)14(13)16(17)20/h5-6,9-11,13-14H,1-4,7-8H2/t9-,10+,13-,14-/m0/s1. The van der Waals surface area contributed by atoms with Gasteiger partial charge in [0.2, 0.25) is 0 Å². The molecule has 0 spiro atoms. The molecule has 1 saturated heterocycles. The van der Waals surface area contributed by atoms with Crippen LogP contribution in [0.25, 0.3) is 0 Å². The van der Waals surface area contributed by atoms with E-state index in [0.717, 1.165) is 37.2 Å². The van der Waals surface area contributed by atoms with Gasteiger partial charge in [-0.05, 0) is 43.9 Å². The number of ether oxygens (including phenoxy) is 1. The molecule has 4 atom stereocenters. The molecule has 0 unspecified atom stereocenters. The molecule has 0 aromatic carbocycles. The summed E-state index contributed by atoms with van der Waals surface area (Å²) in [5.41, 5.74) is 0. The quantitative estimate of drug-likeness (QED) is 0.443. The molecule has 0 aromatic rings. The second-order valence-electron chi connectivity index (χ2n) is 6.64. The minimum absolute atomic E-state index is 0.0412. The van der Waals surface area contributed by atoms with Crippen molar-refractivity contribution in [3.8, 4) is 0 Å². The summed E-state index contributed by atoms with van der Waals surface area (Å²) in [6.07, 6.45) is 8.79. The van der Waals surface area contributed by atoms with Gasteiger partial charge in [-0.15, -0.1) is 0 Å². The summed E-state index contributed by atoms with van der Waals surface area (Å²) in [7, 11) is 0. The van der Waals surface area contributed by atoms with E-state index in [1.165, 1.54) is 0 Å². The van der Waals surface area contributed by atoms with Crippen LogP contribution >= 0.6 is 0 Å². The minimum atomic E-state index is -0.509. The smallest absolute Gasteiger partial charge is 0.335 e. The lowest BCUT2D eigenvalue weighted by molar-refractivity contribution is -0.197. The molecule has 3 fully saturated rings. The number of amides is 2. The van der Waals surface area contributed by atoms with Gasteiger partial charge in [0.05, 0.1) is 11.8 Å². The minimum Gasteiger partial charge on any atom is -0.461 e. The van der Waals surface area contributed by atoms with Crippen LogP contribution in [0.2, 0.25) is 0 Å². The summed E-state index contributed by atoms with van der Waals surface area (Å²) in [5.74, 6) is -1.43. The Morgan fingerprint density at radius 3 is 2.27 bits per heavy atom. The Morgan fingerprint density at radius 1 is 1.09 bits per heavy atom. The van der Waals surface area contributed by atoms with Crippen LogP contribution < -0.4 is 0 Å². The van der Waals surface area contributed by atoms with Crippen molar-refractivity contribution < 1.29 is 24.0 Å². The monoisotopic (exact) mass is 305 g/mol. The molecular weight excluding hydrogens is 286 g/mol. The van der Waals surface area contributed by atoms with Crippen LogP contribution in [-0.2, 0) is 24.0 Å². The van der Waals surface area contributed by atoms with E-state index in [9.17, 15) is 14.4 Å². The molecule has 2 bridgehead atoms. The predicted molar refractivity (Wildman–Crippen MR) is 73.9 cm³/mol. The molecular formula is C16H19NO5. The molecule has 0 radical (unpaired) electrons. The molecule has 22 heavy (non-hydrogen) atoms. The maximum absolute atomic E-state index is 12.3. The van der Waals surface area contributed by atoms with Gasteiger partial charge in [-0.25, -0.2) is 4.79 Å². The predicted octanol–water partition coefficient (Wildman–Crippen LogP) is 1.21. The highest BCUT2D eigenvalue weighted by Gasteiger charge is 2.60. The van der Waals surface area contributed by atoms with E-state index in [1.807, 2.05) is 12.2 Å². The lowest BCUT2D eigenvalue weighted by Gasteiger charge is -2.17. The van der Waals surface area contributed by atoms with Gasteiger partial charge in [-0.2, -0.15) is 5.06 Å². The zero-order valence-electron chi connectivity index (χ0n) is 12.3. The molecule has 4 aliphatic rings. The van der Waals surface area contributed by atoms with E-state index in [0.29, 0.717) is 0 Å². The van der Waals surface area contributed by atoms with Gasteiger partial charge in [0.25, 0.3) is 11.8 Å². The third kappa shape index (κ3) is 2.08. The Hall–Kier alpha value is -1.69. The van der Waals surface area contributed by atoms with Crippen molar-refractivity contribution in [2.24, 2.45) is 23.7 Å². The highest BCUT2D eigenvalue weighted by Crippen LogP contribution is 2.52. The van der Waals surface area contributed by atoms with Crippen LogP contribution in [0.4, 0.5) is 0 Å². The Labute approximate surface area is 128 Å². The first kappa shape index (κ1) is 13.9. The van der Waals surface area contributed by atoms with Crippen LogP contribution in [0.1, 0.15) is 32.1 Å². The van der Waals surface area contributed by atoms with Gasteiger partial charge in [-0.3, -0.25) is 14.4 Å². The normalized spacial score (nSPS) is 36.5. The lowest BCUT2D eigenvalue weighted by atomic mass is 9.85. The second-order valence-corrected chi connectivity index (χ2v) is 6.64. The van der Waals surface area contributed by atoms with E-state index in [1.54, 1.807) is 0 Å². The van der Waals surface area contributed by atoms with Crippen molar-refractivity contribution in [1.29, 1.82) is 0 Å². The summed E-state index contributed by atoms with van der Waals surface area (Å²) in [4.78, 5) is 41.6. The number of nitrogens with zero attached hydrogens (tertiary/aromatic N) is 1. The second kappa shape index (κ2) is 5.19. The summed E-state index contributed by atoms with van der Waals surface area (Å²) >= 11 is 0. The van der Waals surface area contributed by atoms with Gasteiger partial charge >= 0.3 is 5.97 Å². The number of carbonyl (C=O) groups excluding carboxylic acids is 3. The third-order valence-corrected chi connectivity index (χ3v) is 5.34. The molecule has 6 nitrogen and oxygen atoms in total. The summed E-state index contributed by atoms with van der Waals surface area (Å²) in [5, 5.41) is 0.803. The molecule has 118 valence electrons. The highest BCUT2D eigenvalue weighted by molar-refractivity contribution is 6.05. The Bertz CT molecular complexity index is 521. The largest absolute Gasteiger partial charge is 0.461 e. The number of hydrogen-bond acceptors (Lipinski definition) is 5. The zero-order valence-corrected chi connectivity index (χ0v) is 12.3. The van der Waals surface area contributed by atoms with Crippen molar-refractivity contribution >= 4 is 17.8 Å². The van der Waals surface area contributed by atoms with Gasteiger partial charge < -0.3 is 4.74 Å². The van der Waals surface area contributed by atoms with Crippen LogP contribution in [0.5, 0.6) is 0 Å². The Morgan fingerprint density at radius 2 is 1.68 bits per heavy atom. The van der Waals surface area contributed by atoms with Crippen LogP contribution in [0.3, 0.4) is 0 Å². The molecule has 4 rings (SSSR count). The first-order valence-corrected chi connectivity index (χ1v) is 8.03. The topological polar surface area (TPSA) is 72.9 Å². The van der Waals surface area contributed by atoms with Crippen LogP contribution in [-0.4, -0.2) is 35.6 Å². The third-order valence-electron chi connectivity index (χ3n) is 5.34. The maximum Gasteiger partial charge on any atom is 0.335 e. The van der Waals surface area contributed by atoms with Crippen LogP contribution in [0, 0.1) is 23.7 Å². The number of rotatable bonds is 4. The van der Waals surface area contributed by atoms with Crippen molar-refractivity contribution in [3.63, 3.8) is 0 Å². The number of imide groups is 1. The van der Waals surface area contributed by atoms with Gasteiger partial charge in [0.1, 0.15) is 6.10 Å². The first-order valence-electron chi connectivity index (χ1n) is 8.03. The number of hydroxylamine groups is 2. The number of carbonyl (C=O) groups is 3. The van der Waals surface area contributed by atoms with E-state index >= 15 is 0 Å². The van der Waals surface area contributed by atoms with Gasteiger partial charge in [0.15, 0.2) is 6.61 Å². The van der Waals surface area contributed by atoms with E-state index < -0.39 is 5.97 Å². The highest BCUT2D eigenvalue weighted by atomic mass is 16.7. The zero-order chi connectivity index (χ0) is 15.3. The molecule has 3 aliphatic carbocycles.